The zero-order valence-electron chi connectivity index (χ0n) is 17.4. The molecule has 0 aliphatic rings. The van der Waals surface area contributed by atoms with Crippen LogP contribution >= 0.6 is 0 Å². The lowest BCUT2D eigenvalue weighted by atomic mass is 10.1. The molecule has 0 bridgehead atoms. The highest BCUT2D eigenvalue weighted by atomic mass is 19.4. The van der Waals surface area contributed by atoms with Gasteiger partial charge in [0.25, 0.3) is 5.89 Å². The lowest BCUT2D eigenvalue weighted by Gasteiger charge is -2.08. The van der Waals surface area contributed by atoms with E-state index in [1.807, 2.05) is 0 Å². The van der Waals surface area contributed by atoms with Gasteiger partial charge in [0.15, 0.2) is 6.10 Å². The van der Waals surface area contributed by atoms with Crippen LogP contribution in [0.3, 0.4) is 0 Å². The average molecular weight is 458 g/mol. The zero-order chi connectivity index (χ0) is 23.6. The Labute approximate surface area is 185 Å². The fourth-order valence-corrected chi connectivity index (χ4v) is 2.97. The van der Waals surface area contributed by atoms with Crippen molar-refractivity contribution in [3.05, 3.63) is 77.9 Å². The van der Waals surface area contributed by atoms with Crippen molar-refractivity contribution in [2.45, 2.75) is 19.2 Å². The minimum Gasteiger partial charge on any atom is -0.497 e. The second-order valence-corrected chi connectivity index (χ2v) is 6.96. The molecule has 0 aliphatic carbocycles. The molecule has 0 radical (unpaired) electrons. The fraction of sp³-hybridized carbons (Fsp3) is 0.174. The Morgan fingerprint density at radius 2 is 1.73 bits per heavy atom. The summed E-state index contributed by atoms with van der Waals surface area (Å²) in [5.41, 5.74) is 0.0148. The summed E-state index contributed by atoms with van der Waals surface area (Å²) in [5.74, 6) is 0.0670. The number of hydrogen-bond donors (Lipinski definition) is 0. The third kappa shape index (κ3) is 4.89. The highest BCUT2D eigenvalue weighted by Gasteiger charge is 2.31. The normalized spacial score (nSPS) is 12.4. The summed E-state index contributed by atoms with van der Waals surface area (Å²) < 4.78 is 60.2. The Bertz CT molecular complexity index is 1260. The molecule has 4 aromatic rings. The second kappa shape index (κ2) is 8.81. The summed E-state index contributed by atoms with van der Waals surface area (Å²) in [7, 11) is 1.55. The molecule has 7 nitrogen and oxygen atoms in total. The van der Waals surface area contributed by atoms with Gasteiger partial charge in [-0.2, -0.15) is 13.2 Å². The number of hydrogen-bond acceptors (Lipinski definition) is 7. The van der Waals surface area contributed by atoms with E-state index in [1.54, 1.807) is 38.3 Å². The molecule has 170 valence electrons. The number of benzene rings is 2. The molecule has 4 rings (SSSR count). The highest BCUT2D eigenvalue weighted by molar-refractivity contribution is 5.87. The number of carbonyl (C=O) groups excluding carboxylic acids is 1. The molecular formula is C23H17F3N2O5. The molecule has 0 saturated heterocycles. The minimum absolute atomic E-state index is 0.0684. The van der Waals surface area contributed by atoms with E-state index < -0.39 is 23.8 Å². The van der Waals surface area contributed by atoms with Gasteiger partial charge in [0.2, 0.25) is 11.7 Å². The molecule has 33 heavy (non-hydrogen) atoms. The molecule has 10 heteroatoms. The van der Waals surface area contributed by atoms with Crippen molar-refractivity contribution in [2.24, 2.45) is 0 Å². The van der Waals surface area contributed by atoms with Crippen LogP contribution in [0.4, 0.5) is 13.2 Å². The number of ether oxygens (including phenoxy) is 2. The lowest BCUT2D eigenvalue weighted by molar-refractivity contribution is -0.137. The van der Waals surface area contributed by atoms with Crippen molar-refractivity contribution in [1.29, 1.82) is 0 Å². The smallest absolute Gasteiger partial charge is 0.416 e. The number of aromatic nitrogens is 2. The molecule has 2 heterocycles. The summed E-state index contributed by atoms with van der Waals surface area (Å²) in [6.07, 6.45) is -5.38. The molecule has 0 saturated carbocycles. The number of rotatable bonds is 6. The van der Waals surface area contributed by atoms with Crippen LogP contribution in [0, 0.1) is 0 Å². The van der Waals surface area contributed by atoms with E-state index in [1.165, 1.54) is 24.3 Å². The Balaban J connectivity index is 1.45. The first-order chi connectivity index (χ1) is 15.7. The van der Waals surface area contributed by atoms with E-state index in [2.05, 4.69) is 10.2 Å². The van der Waals surface area contributed by atoms with Crippen LogP contribution in [0.25, 0.3) is 22.8 Å². The molecule has 0 amide bonds. The van der Waals surface area contributed by atoms with E-state index in [9.17, 15) is 18.0 Å². The summed E-state index contributed by atoms with van der Waals surface area (Å²) in [6.45, 7) is 1.54. The van der Waals surface area contributed by atoms with E-state index in [0.29, 0.717) is 11.3 Å². The van der Waals surface area contributed by atoms with Gasteiger partial charge >= 0.3 is 12.1 Å². The minimum atomic E-state index is -4.49. The van der Waals surface area contributed by atoms with Crippen molar-refractivity contribution in [2.75, 3.05) is 7.11 Å². The van der Waals surface area contributed by atoms with Gasteiger partial charge in [0.1, 0.15) is 11.5 Å². The van der Waals surface area contributed by atoms with Gasteiger partial charge in [-0.3, -0.25) is 0 Å². The van der Waals surface area contributed by atoms with E-state index in [0.717, 1.165) is 12.1 Å². The first kappa shape index (κ1) is 22.1. The molecule has 0 aliphatic heterocycles. The van der Waals surface area contributed by atoms with E-state index >= 15 is 0 Å². The van der Waals surface area contributed by atoms with Crippen LogP contribution in [-0.4, -0.2) is 23.3 Å². The summed E-state index contributed by atoms with van der Waals surface area (Å²) in [5, 5.41) is 7.86. The van der Waals surface area contributed by atoms with Crippen LogP contribution in [-0.2, 0) is 10.9 Å². The Kier molecular flexibility index (Phi) is 5.91. The average Bonchev–Trinajstić information content (AvgIpc) is 3.49. The summed E-state index contributed by atoms with van der Waals surface area (Å²) in [6, 6.07) is 14.3. The van der Waals surface area contributed by atoms with Crippen LogP contribution < -0.4 is 4.74 Å². The van der Waals surface area contributed by atoms with E-state index in [4.69, 9.17) is 18.3 Å². The van der Waals surface area contributed by atoms with Crippen molar-refractivity contribution >= 4 is 5.97 Å². The standard InChI is InChI=1S/C23H17F3N2O5/c1-13(20-27-28-21(33-20)14-6-8-17(30-2)9-7-14)31-22(29)19-11-10-18(32-19)15-4-3-5-16(12-15)23(24,25)26/h3-13H,1-2H3. The number of nitrogens with zero attached hydrogens (tertiary/aromatic N) is 2. The SMILES string of the molecule is COc1ccc(-c2nnc(C(C)OC(=O)c3ccc(-c4cccc(C(F)(F)F)c4)o3)o2)cc1. The van der Waals surface area contributed by atoms with Gasteiger partial charge < -0.3 is 18.3 Å². The first-order valence-corrected chi connectivity index (χ1v) is 9.71. The molecule has 0 spiro atoms. The predicted molar refractivity (Wildman–Crippen MR) is 109 cm³/mol. The molecule has 1 unspecified atom stereocenters. The number of methoxy groups -OCH3 is 1. The molecule has 0 fully saturated rings. The molecule has 2 aromatic heterocycles. The molecule has 2 aromatic carbocycles. The topological polar surface area (TPSA) is 87.6 Å². The predicted octanol–water partition coefficient (Wildman–Crippen LogP) is 5.94. The van der Waals surface area contributed by atoms with Gasteiger partial charge in [-0.05, 0) is 55.5 Å². The quantitative estimate of drug-likeness (QED) is 0.330. The third-order valence-electron chi connectivity index (χ3n) is 4.69. The fourth-order valence-electron chi connectivity index (χ4n) is 2.97. The van der Waals surface area contributed by atoms with Gasteiger partial charge in [-0.1, -0.05) is 12.1 Å². The van der Waals surface area contributed by atoms with Crippen molar-refractivity contribution in [3.8, 4) is 28.5 Å². The van der Waals surface area contributed by atoms with Crippen LogP contribution in [0.5, 0.6) is 5.75 Å². The van der Waals surface area contributed by atoms with Gasteiger partial charge in [-0.15, -0.1) is 10.2 Å². The van der Waals surface area contributed by atoms with Crippen molar-refractivity contribution in [1.82, 2.24) is 10.2 Å². The first-order valence-electron chi connectivity index (χ1n) is 9.71. The van der Waals surface area contributed by atoms with Gasteiger partial charge in [0.05, 0.1) is 12.7 Å². The van der Waals surface area contributed by atoms with Gasteiger partial charge in [-0.25, -0.2) is 4.79 Å². The molecule has 1 atom stereocenters. The Hall–Kier alpha value is -4.08. The number of esters is 1. The maximum Gasteiger partial charge on any atom is 0.416 e. The van der Waals surface area contributed by atoms with Crippen molar-refractivity contribution < 1.29 is 36.3 Å². The Morgan fingerprint density at radius 3 is 2.42 bits per heavy atom. The summed E-state index contributed by atoms with van der Waals surface area (Å²) in [4.78, 5) is 12.4. The maximum absolute atomic E-state index is 12.9. The lowest BCUT2D eigenvalue weighted by Crippen LogP contribution is -2.08. The molecular weight excluding hydrogens is 441 g/mol. The van der Waals surface area contributed by atoms with E-state index in [-0.39, 0.29) is 28.9 Å². The summed E-state index contributed by atoms with van der Waals surface area (Å²) >= 11 is 0. The van der Waals surface area contributed by atoms with Crippen LogP contribution in [0.1, 0.15) is 35.0 Å². The van der Waals surface area contributed by atoms with Crippen LogP contribution in [0.15, 0.2) is 69.5 Å². The highest BCUT2D eigenvalue weighted by Crippen LogP contribution is 2.33. The monoisotopic (exact) mass is 458 g/mol. The van der Waals surface area contributed by atoms with Crippen molar-refractivity contribution in [3.63, 3.8) is 0 Å². The third-order valence-corrected chi connectivity index (χ3v) is 4.69. The number of halogens is 3. The van der Waals surface area contributed by atoms with Gasteiger partial charge in [0, 0.05) is 11.1 Å². The molecule has 0 N–H and O–H groups in total. The number of alkyl halides is 3. The Morgan fingerprint density at radius 1 is 0.970 bits per heavy atom. The van der Waals surface area contributed by atoms with Crippen LogP contribution in [0.2, 0.25) is 0 Å². The number of furan rings is 1. The number of carbonyl (C=O) groups is 1. The zero-order valence-corrected chi connectivity index (χ0v) is 17.4. The second-order valence-electron chi connectivity index (χ2n) is 6.96. The maximum atomic E-state index is 12.9. The largest absolute Gasteiger partial charge is 0.497 e.